The zero-order valence-corrected chi connectivity index (χ0v) is 20.5. The summed E-state index contributed by atoms with van der Waals surface area (Å²) in [4.78, 5) is 27.7. The molecule has 0 saturated carbocycles. The van der Waals surface area contributed by atoms with E-state index >= 15 is 0 Å². The number of allylic oxidation sites excluding steroid dienone is 2. The fourth-order valence-electron chi connectivity index (χ4n) is 4.81. The van der Waals surface area contributed by atoms with Gasteiger partial charge in [-0.05, 0) is 36.1 Å². The lowest BCUT2D eigenvalue weighted by Crippen LogP contribution is -2.50. The van der Waals surface area contributed by atoms with Crippen molar-refractivity contribution in [2.24, 2.45) is 10.9 Å². The normalized spacial score (nSPS) is 24.4. The number of aryl methyl sites for hydroxylation is 1. The summed E-state index contributed by atoms with van der Waals surface area (Å²) < 4.78 is 5.81. The number of carboxylic acid groups (broad SMARTS) is 1. The van der Waals surface area contributed by atoms with Crippen LogP contribution < -0.4 is 10.1 Å². The lowest BCUT2D eigenvalue weighted by atomic mass is 9.88. The third-order valence-corrected chi connectivity index (χ3v) is 7.00. The average Bonchev–Trinajstić information content (AvgIpc) is 2.95. The zero-order chi connectivity index (χ0) is 24.5. The number of aromatic carboxylic acids is 1. The summed E-state index contributed by atoms with van der Waals surface area (Å²) in [5.41, 5.74) is 3.34. The van der Waals surface area contributed by atoms with Crippen molar-refractivity contribution in [3.05, 3.63) is 64.9 Å². The Kier molecular flexibility index (Phi) is 6.69. The molecule has 3 aliphatic rings. The second kappa shape index (κ2) is 9.89. The molecule has 2 aromatic rings. The van der Waals surface area contributed by atoms with Gasteiger partial charge in [-0.1, -0.05) is 31.2 Å². The fourth-order valence-corrected chi connectivity index (χ4v) is 5.14. The molecule has 1 aromatic heterocycles. The van der Waals surface area contributed by atoms with E-state index in [1.807, 2.05) is 6.07 Å². The number of carbonyl (C=O) groups is 1. The van der Waals surface area contributed by atoms with Crippen molar-refractivity contribution in [3.8, 4) is 11.8 Å². The minimum absolute atomic E-state index is 0.117. The number of aromatic nitrogens is 2. The van der Waals surface area contributed by atoms with E-state index < -0.39 is 5.97 Å². The van der Waals surface area contributed by atoms with Gasteiger partial charge in [0, 0.05) is 44.7 Å². The Balaban J connectivity index is 1.38. The van der Waals surface area contributed by atoms with Crippen molar-refractivity contribution >= 4 is 29.1 Å². The molecular weight excluding hydrogens is 466 g/mol. The lowest BCUT2D eigenvalue weighted by Gasteiger charge is -2.37. The van der Waals surface area contributed by atoms with Gasteiger partial charge in [-0.3, -0.25) is 4.90 Å². The molecule has 35 heavy (non-hydrogen) atoms. The van der Waals surface area contributed by atoms with Crippen LogP contribution in [-0.2, 0) is 6.42 Å². The highest BCUT2D eigenvalue weighted by atomic mass is 35.5. The number of hydrogen-bond acceptors (Lipinski definition) is 7. The minimum Gasteiger partial charge on any atom is -0.478 e. The van der Waals surface area contributed by atoms with Gasteiger partial charge in [0.25, 0.3) is 0 Å². The van der Waals surface area contributed by atoms with Crippen LogP contribution in [0.4, 0.5) is 5.82 Å². The van der Waals surface area contributed by atoms with Crippen LogP contribution in [0.3, 0.4) is 0 Å². The summed E-state index contributed by atoms with van der Waals surface area (Å²) in [5, 5.41) is 12.4. The number of piperazine rings is 1. The molecule has 2 aliphatic heterocycles. The van der Waals surface area contributed by atoms with Crippen LogP contribution in [0.2, 0.25) is 0 Å². The summed E-state index contributed by atoms with van der Waals surface area (Å²) >= 11 is 6.81. The molecule has 5 rings (SSSR count). The van der Waals surface area contributed by atoms with Gasteiger partial charge in [0.1, 0.15) is 5.75 Å². The van der Waals surface area contributed by atoms with Gasteiger partial charge < -0.3 is 15.2 Å². The first-order valence-electron chi connectivity index (χ1n) is 11.8. The van der Waals surface area contributed by atoms with E-state index in [2.05, 4.69) is 45.3 Å². The topological polar surface area (TPSA) is 99.9 Å². The van der Waals surface area contributed by atoms with Crippen molar-refractivity contribution in [2.75, 3.05) is 26.2 Å². The standard InChI is InChI=1S/C26H28ClN5O3/c1-15-3-5-19(14-20(15)25(33)34)35-26-29-18-12-21(27)24(30-23(13-18)31-26)17-4-6-22(16(2)11-17)32-9-7-28-8-10-32/h3-6,11,13-14,16,21-22,28H,7-10,12H2,1-2H3,(H,33,34). The quantitative estimate of drug-likeness (QED) is 0.609. The Morgan fingerprint density at radius 1 is 1.23 bits per heavy atom. The maximum Gasteiger partial charge on any atom is 0.336 e. The molecule has 182 valence electrons. The average molecular weight is 494 g/mol. The minimum atomic E-state index is -1.01. The predicted octanol–water partition coefficient (Wildman–Crippen LogP) is 3.92. The summed E-state index contributed by atoms with van der Waals surface area (Å²) in [7, 11) is 0. The van der Waals surface area contributed by atoms with E-state index in [1.54, 1.807) is 19.1 Å². The summed E-state index contributed by atoms with van der Waals surface area (Å²) in [6.45, 7) is 8.09. The van der Waals surface area contributed by atoms with Gasteiger partial charge in [-0.2, -0.15) is 9.97 Å². The Hall–Kier alpha value is -3.07. The second-order valence-corrected chi connectivity index (χ2v) is 9.70. The van der Waals surface area contributed by atoms with Gasteiger partial charge >= 0.3 is 12.0 Å². The van der Waals surface area contributed by atoms with E-state index in [0.29, 0.717) is 35.5 Å². The highest BCUT2D eigenvalue weighted by Crippen LogP contribution is 2.31. The number of hydrogen-bond donors (Lipinski definition) is 2. The number of alkyl halides is 1. The Morgan fingerprint density at radius 3 is 2.77 bits per heavy atom. The molecule has 3 unspecified atom stereocenters. The molecule has 2 bridgehead atoms. The number of nitrogens with zero attached hydrogens (tertiary/aromatic N) is 4. The third-order valence-electron chi connectivity index (χ3n) is 6.64. The van der Waals surface area contributed by atoms with Crippen LogP contribution in [0, 0.1) is 12.8 Å². The first-order chi connectivity index (χ1) is 16.9. The van der Waals surface area contributed by atoms with Gasteiger partial charge in [-0.15, -0.1) is 11.6 Å². The van der Waals surface area contributed by atoms with Crippen molar-refractivity contribution in [3.63, 3.8) is 0 Å². The number of nitrogens with one attached hydrogen (secondary N) is 1. The van der Waals surface area contributed by atoms with E-state index in [1.165, 1.54) is 6.07 Å². The molecule has 3 atom stereocenters. The second-order valence-electron chi connectivity index (χ2n) is 9.17. The van der Waals surface area contributed by atoms with Crippen LogP contribution in [0.5, 0.6) is 11.8 Å². The summed E-state index contributed by atoms with van der Waals surface area (Å²) in [6.07, 6.45) is 7.12. The number of ether oxygens (including phenoxy) is 1. The van der Waals surface area contributed by atoms with Gasteiger partial charge in [0.15, 0.2) is 5.82 Å². The first kappa shape index (κ1) is 23.7. The number of rotatable bonds is 5. The fraction of sp³-hybridized carbons (Fsp3) is 0.385. The van der Waals surface area contributed by atoms with Crippen molar-refractivity contribution < 1.29 is 14.6 Å². The molecule has 2 N–H and O–H groups in total. The van der Waals surface area contributed by atoms with Crippen LogP contribution in [-0.4, -0.2) is 69.3 Å². The van der Waals surface area contributed by atoms with Gasteiger partial charge in [0.2, 0.25) is 0 Å². The van der Waals surface area contributed by atoms with Crippen LogP contribution >= 0.6 is 11.6 Å². The maximum atomic E-state index is 11.5. The third kappa shape index (κ3) is 5.15. The zero-order valence-electron chi connectivity index (χ0n) is 19.7. The predicted molar refractivity (Wildman–Crippen MR) is 135 cm³/mol. The molecular formula is C26H28ClN5O3. The van der Waals surface area contributed by atoms with E-state index in [-0.39, 0.29) is 17.0 Å². The molecule has 3 heterocycles. The Labute approximate surface area is 209 Å². The smallest absolute Gasteiger partial charge is 0.336 e. The molecule has 0 spiro atoms. The van der Waals surface area contributed by atoms with Crippen LogP contribution in [0.25, 0.3) is 0 Å². The molecule has 9 heteroatoms. The highest BCUT2D eigenvalue weighted by molar-refractivity contribution is 6.36. The number of aliphatic imine (C=N–C) groups is 1. The Bertz CT molecular complexity index is 1240. The lowest BCUT2D eigenvalue weighted by molar-refractivity contribution is 0.0695. The molecule has 0 amide bonds. The first-order valence-corrected chi connectivity index (χ1v) is 12.3. The van der Waals surface area contributed by atoms with Crippen molar-refractivity contribution in [2.45, 2.75) is 31.7 Å². The number of carboxylic acids is 1. The summed E-state index contributed by atoms with van der Waals surface area (Å²) in [5.74, 6) is 0.149. The van der Waals surface area contributed by atoms with Gasteiger partial charge in [0.05, 0.1) is 22.3 Å². The van der Waals surface area contributed by atoms with Crippen molar-refractivity contribution in [1.82, 2.24) is 20.2 Å². The van der Waals surface area contributed by atoms with Crippen LogP contribution in [0.1, 0.15) is 28.5 Å². The molecule has 1 saturated heterocycles. The van der Waals surface area contributed by atoms with Crippen molar-refractivity contribution in [1.29, 1.82) is 0 Å². The molecule has 0 radical (unpaired) electrons. The molecule has 1 fully saturated rings. The van der Waals surface area contributed by atoms with E-state index in [0.717, 1.165) is 43.2 Å². The maximum absolute atomic E-state index is 11.5. The Morgan fingerprint density at radius 2 is 2.03 bits per heavy atom. The summed E-state index contributed by atoms with van der Waals surface area (Å²) in [6, 6.07) is 7.17. The number of benzene rings is 1. The van der Waals surface area contributed by atoms with E-state index in [9.17, 15) is 9.90 Å². The van der Waals surface area contributed by atoms with Gasteiger partial charge in [-0.25, -0.2) is 9.79 Å². The molecule has 8 nitrogen and oxygen atoms in total. The van der Waals surface area contributed by atoms with Crippen LogP contribution in [0.15, 0.2) is 53.1 Å². The largest absolute Gasteiger partial charge is 0.478 e. The van der Waals surface area contributed by atoms with E-state index in [4.69, 9.17) is 21.3 Å². The highest BCUT2D eigenvalue weighted by Gasteiger charge is 2.29. The molecule has 1 aromatic carbocycles. The molecule has 1 aliphatic carbocycles. The number of fused-ring (bicyclic) bond motifs is 2. The number of halogens is 1. The SMILES string of the molecule is Cc1ccc(Oc2nc3cc(n2)N=C(C2=CC(C)C(N4CCNCC4)C=C2)C(Cl)C3)cc1C(=O)O. The monoisotopic (exact) mass is 493 g/mol.